The second-order valence-electron chi connectivity index (χ2n) is 7.26. The zero-order valence-corrected chi connectivity index (χ0v) is 15.5. The molecule has 1 aromatic rings. The minimum atomic E-state index is -0.864. The normalized spacial score (nSPS) is 18.0. The van der Waals surface area contributed by atoms with Gasteiger partial charge in [-0.25, -0.2) is 4.79 Å². The third-order valence-electron chi connectivity index (χ3n) is 5.46. The van der Waals surface area contributed by atoms with E-state index in [1.807, 2.05) is 11.0 Å². The third kappa shape index (κ3) is 4.77. The number of nitrogens with zero attached hydrogens (tertiary/aromatic N) is 3. The van der Waals surface area contributed by atoms with Crippen molar-refractivity contribution in [1.29, 1.82) is 5.26 Å². The number of benzene rings is 1. The molecule has 7 heteroatoms. The van der Waals surface area contributed by atoms with Gasteiger partial charge in [0.25, 0.3) is 0 Å². The summed E-state index contributed by atoms with van der Waals surface area (Å²) >= 11 is 0. The summed E-state index contributed by atoms with van der Waals surface area (Å²) in [4.78, 5) is 27.1. The molecular formula is C20H26N4O3. The smallest absolute Gasteiger partial charge is 0.324 e. The first-order valence-electron chi connectivity index (χ1n) is 9.60. The highest BCUT2D eigenvalue weighted by atomic mass is 16.4. The molecule has 3 rings (SSSR count). The molecule has 0 bridgehead atoms. The van der Waals surface area contributed by atoms with Gasteiger partial charge in [0, 0.05) is 26.1 Å². The van der Waals surface area contributed by atoms with E-state index in [1.54, 1.807) is 17.0 Å². The molecule has 2 aliphatic heterocycles. The summed E-state index contributed by atoms with van der Waals surface area (Å²) < 4.78 is 0. The van der Waals surface area contributed by atoms with Crippen LogP contribution < -0.4 is 10.2 Å². The van der Waals surface area contributed by atoms with Crippen LogP contribution in [0.4, 0.5) is 10.5 Å². The fourth-order valence-corrected chi connectivity index (χ4v) is 3.84. The fourth-order valence-electron chi connectivity index (χ4n) is 3.84. The zero-order valence-electron chi connectivity index (χ0n) is 15.5. The van der Waals surface area contributed by atoms with Crippen molar-refractivity contribution >= 4 is 17.7 Å². The number of nitriles is 1. The summed E-state index contributed by atoms with van der Waals surface area (Å²) in [6, 6.07) is 7.39. The SMILES string of the molecule is N#Cc1cc(CCC(=O)O)ccc1N1CCN(CCC2CCNCC2)C1=O. The van der Waals surface area contributed by atoms with E-state index in [0.717, 1.165) is 31.6 Å². The summed E-state index contributed by atoms with van der Waals surface area (Å²) in [5.74, 6) is -0.187. The molecule has 0 aromatic heterocycles. The minimum absolute atomic E-state index is 0.0251. The van der Waals surface area contributed by atoms with Crippen LogP contribution in [0.3, 0.4) is 0 Å². The number of amides is 2. The molecule has 2 amide bonds. The Morgan fingerprint density at radius 2 is 2.07 bits per heavy atom. The number of carboxylic acids is 1. The molecule has 2 heterocycles. The highest BCUT2D eigenvalue weighted by Crippen LogP contribution is 2.27. The van der Waals surface area contributed by atoms with Gasteiger partial charge in [-0.05, 0) is 62.4 Å². The lowest BCUT2D eigenvalue weighted by Crippen LogP contribution is -2.35. The lowest BCUT2D eigenvalue weighted by molar-refractivity contribution is -0.136. The number of urea groups is 1. The van der Waals surface area contributed by atoms with E-state index >= 15 is 0 Å². The molecule has 2 aliphatic rings. The van der Waals surface area contributed by atoms with Crippen LogP contribution in [0.25, 0.3) is 0 Å². The average Bonchev–Trinajstić information content (AvgIpc) is 3.05. The average molecular weight is 370 g/mol. The van der Waals surface area contributed by atoms with Crippen LogP contribution in [0.1, 0.15) is 36.8 Å². The van der Waals surface area contributed by atoms with E-state index in [2.05, 4.69) is 11.4 Å². The van der Waals surface area contributed by atoms with Gasteiger partial charge in [0.15, 0.2) is 0 Å². The quantitative estimate of drug-likeness (QED) is 0.767. The van der Waals surface area contributed by atoms with Crippen molar-refractivity contribution in [2.75, 3.05) is 37.6 Å². The first kappa shape index (κ1) is 19.2. The maximum Gasteiger partial charge on any atom is 0.324 e. The molecular weight excluding hydrogens is 344 g/mol. The van der Waals surface area contributed by atoms with Crippen LogP contribution in [0.2, 0.25) is 0 Å². The van der Waals surface area contributed by atoms with Gasteiger partial charge in [0.2, 0.25) is 0 Å². The van der Waals surface area contributed by atoms with Crippen molar-refractivity contribution in [3.8, 4) is 6.07 Å². The molecule has 7 nitrogen and oxygen atoms in total. The number of hydrogen-bond acceptors (Lipinski definition) is 4. The Morgan fingerprint density at radius 1 is 1.30 bits per heavy atom. The highest BCUT2D eigenvalue weighted by molar-refractivity contribution is 5.95. The van der Waals surface area contributed by atoms with E-state index in [9.17, 15) is 14.9 Å². The summed E-state index contributed by atoms with van der Waals surface area (Å²) in [6.45, 7) is 4.14. The van der Waals surface area contributed by atoms with Crippen molar-refractivity contribution in [1.82, 2.24) is 10.2 Å². The van der Waals surface area contributed by atoms with Gasteiger partial charge < -0.3 is 15.3 Å². The van der Waals surface area contributed by atoms with Crippen LogP contribution in [0.5, 0.6) is 0 Å². The summed E-state index contributed by atoms with van der Waals surface area (Å²) in [5, 5.41) is 21.7. The van der Waals surface area contributed by atoms with Crippen LogP contribution >= 0.6 is 0 Å². The number of hydrogen-bond donors (Lipinski definition) is 2. The van der Waals surface area contributed by atoms with Crippen LogP contribution in [-0.2, 0) is 11.2 Å². The molecule has 0 atom stereocenters. The summed E-state index contributed by atoms with van der Waals surface area (Å²) in [7, 11) is 0. The molecule has 144 valence electrons. The molecule has 0 unspecified atom stereocenters. The number of carbonyl (C=O) groups is 2. The highest BCUT2D eigenvalue weighted by Gasteiger charge is 2.31. The monoisotopic (exact) mass is 370 g/mol. The van der Waals surface area contributed by atoms with Crippen LogP contribution in [0, 0.1) is 17.2 Å². The Labute approximate surface area is 159 Å². The molecule has 1 aromatic carbocycles. The van der Waals surface area contributed by atoms with Crippen LogP contribution in [-0.4, -0.2) is 54.7 Å². The van der Waals surface area contributed by atoms with E-state index < -0.39 is 5.97 Å². The van der Waals surface area contributed by atoms with Crippen molar-refractivity contribution in [2.45, 2.75) is 32.1 Å². The zero-order chi connectivity index (χ0) is 19.2. The number of piperidine rings is 1. The Bertz CT molecular complexity index is 737. The van der Waals surface area contributed by atoms with Crippen molar-refractivity contribution < 1.29 is 14.7 Å². The predicted molar refractivity (Wildman–Crippen MR) is 102 cm³/mol. The minimum Gasteiger partial charge on any atom is -0.481 e. The number of rotatable bonds is 7. The van der Waals surface area contributed by atoms with Gasteiger partial charge in [-0.15, -0.1) is 0 Å². The van der Waals surface area contributed by atoms with Crippen molar-refractivity contribution in [3.63, 3.8) is 0 Å². The Balaban J connectivity index is 1.63. The maximum absolute atomic E-state index is 12.8. The van der Waals surface area contributed by atoms with E-state index in [1.165, 1.54) is 12.8 Å². The molecule has 0 saturated carbocycles. The number of aliphatic carboxylic acids is 1. The predicted octanol–water partition coefficient (Wildman–Crippen LogP) is 2.21. The molecule has 27 heavy (non-hydrogen) atoms. The van der Waals surface area contributed by atoms with E-state index in [-0.39, 0.29) is 12.5 Å². The second-order valence-corrected chi connectivity index (χ2v) is 7.26. The molecule has 0 spiro atoms. The van der Waals surface area contributed by atoms with Gasteiger partial charge in [0.05, 0.1) is 11.3 Å². The van der Waals surface area contributed by atoms with Gasteiger partial charge >= 0.3 is 12.0 Å². The number of anilines is 1. The second kappa shape index (κ2) is 8.87. The maximum atomic E-state index is 12.8. The summed E-state index contributed by atoms with van der Waals surface area (Å²) in [5.41, 5.74) is 1.84. The number of aryl methyl sites for hydroxylation is 1. The van der Waals surface area contributed by atoms with Crippen molar-refractivity contribution in [2.24, 2.45) is 5.92 Å². The Hall–Kier alpha value is -2.59. The largest absolute Gasteiger partial charge is 0.481 e. The molecule has 2 N–H and O–H groups in total. The number of carboxylic acid groups (broad SMARTS) is 1. The van der Waals surface area contributed by atoms with E-state index in [0.29, 0.717) is 36.7 Å². The Morgan fingerprint density at radius 3 is 2.78 bits per heavy atom. The van der Waals surface area contributed by atoms with Crippen LogP contribution in [0.15, 0.2) is 18.2 Å². The number of carbonyl (C=O) groups excluding carboxylic acids is 1. The molecule has 2 saturated heterocycles. The van der Waals surface area contributed by atoms with Gasteiger partial charge in [-0.2, -0.15) is 5.26 Å². The van der Waals surface area contributed by atoms with Gasteiger partial charge in [0.1, 0.15) is 6.07 Å². The molecule has 0 aliphatic carbocycles. The lowest BCUT2D eigenvalue weighted by Gasteiger charge is -2.25. The van der Waals surface area contributed by atoms with Gasteiger partial charge in [-0.3, -0.25) is 9.69 Å². The molecule has 0 radical (unpaired) electrons. The first-order chi connectivity index (χ1) is 13.1. The third-order valence-corrected chi connectivity index (χ3v) is 5.46. The topological polar surface area (TPSA) is 96.7 Å². The van der Waals surface area contributed by atoms with Crippen molar-refractivity contribution in [3.05, 3.63) is 29.3 Å². The summed E-state index contributed by atoms with van der Waals surface area (Å²) in [6.07, 6.45) is 3.77. The lowest BCUT2D eigenvalue weighted by atomic mass is 9.94. The Kier molecular flexibility index (Phi) is 6.30. The fraction of sp³-hybridized carbons (Fsp3) is 0.550. The number of nitrogens with one attached hydrogen (secondary N) is 1. The standard InChI is InChI=1S/C20H26N4O3/c21-14-17-13-16(2-4-19(25)26)1-3-18(17)24-12-11-23(20(24)27)10-7-15-5-8-22-9-6-15/h1,3,13,15,22H,2,4-12H2,(H,25,26). The molecule has 2 fully saturated rings. The first-order valence-corrected chi connectivity index (χ1v) is 9.60. The van der Waals surface area contributed by atoms with E-state index in [4.69, 9.17) is 5.11 Å². The van der Waals surface area contributed by atoms with Gasteiger partial charge in [-0.1, -0.05) is 6.07 Å².